The first-order valence-corrected chi connectivity index (χ1v) is 8.68. The molecule has 0 aliphatic heterocycles. The zero-order valence-electron chi connectivity index (χ0n) is 15.8. The van der Waals surface area contributed by atoms with Gasteiger partial charge >= 0.3 is 0 Å². The lowest BCUT2D eigenvalue weighted by Gasteiger charge is -2.14. The Balaban J connectivity index is 2.10. The zero-order chi connectivity index (χ0) is 20.4. The molecule has 7 nitrogen and oxygen atoms in total. The van der Waals surface area contributed by atoms with E-state index in [4.69, 9.17) is 25.8 Å². The van der Waals surface area contributed by atoms with Crippen molar-refractivity contribution in [2.24, 2.45) is 0 Å². The van der Waals surface area contributed by atoms with Gasteiger partial charge in [0.2, 0.25) is 11.5 Å². The van der Waals surface area contributed by atoms with Crippen LogP contribution in [-0.4, -0.2) is 42.0 Å². The van der Waals surface area contributed by atoms with Crippen LogP contribution in [0.5, 0.6) is 17.2 Å². The van der Waals surface area contributed by atoms with Gasteiger partial charge < -0.3 is 19.4 Å². The van der Waals surface area contributed by atoms with E-state index in [9.17, 15) is 10.0 Å². The minimum Gasteiger partial charge on any atom is -0.493 e. The van der Waals surface area contributed by atoms with E-state index in [1.165, 1.54) is 33.5 Å². The maximum atomic E-state index is 13.1. The van der Waals surface area contributed by atoms with Gasteiger partial charge in [-0.05, 0) is 43.3 Å². The normalized spacial score (nSPS) is 10.6. The SMILES string of the molecule is COc1cc(C(=O)c2c(C)nc(-c3ccc(Cl)cc3)n2O)cc(OC)c1OC. The number of carbonyl (C=O) groups is 1. The number of rotatable bonds is 6. The zero-order valence-corrected chi connectivity index (χ0v) is 16.6. The number of ketones is 1. The van der Waals surface area contributed by atoms with Gasteiger partial charge in [0.25, 0.3) is 0 Å². The van der Waals surface area contributed by atoms with Crippen LogP contribution in [0.25, 0.3) is 11.4 Å². The van der Waals surface area contributed by atoms with Crippen LogP contribution in [0.3, 0.4) is 0 Å². The quantitative estimate of drug-likeness (QED) is 0.495. The average Bonchev–Trinajstić information content (AvgIpc) is 3.00. The first-order valence-electron chi connectivity index (χ1n) is 8.30. The standard InChI is InChI=1S/C20H19ClN2O5/c1-11-17(23(25)20(22-11)12-5-7-14(21)8-6-12)18(24)13-9-15(26-2)19(28-4)16(10-13)27-3/h5-10,25H,1-4H3. The highest BCUT2D eigenvalue weighted by Gasteiger charge is 2.25. The molecule has 0 saturated heterocycles. The lowest BCUT2D eigenvalue weighted by molar-refractivity contribution is 0.0985. The molecule has 0 radical (unpaired) electrons. The third-order valence-corrected chi connectivity index (χ3v) is 4.53. The maximum absolute atomic E-state index is 13.1. The monoisotopic (exact) mass is 402 g/mol. The summed E-state index contributed by atoms with van der Waals surface area (Å²) in [6.45, 7) is 1.65. The van der Waals surface area contributed by atoms with Gasteiger partial charge in [-0.1, -0.05) is 11.6 Å². The summed E-state index contributed by atoms with van der Waals surface area (Å²) in [4.78, 5) is 17.5. The molecule has 0 fully saturated rings. The Morgan fingerprint density at radius 3 is 2.11 bits per heavy atom. The molecule has 3 aromatic rings. The van der Waals surface area contributed by atoms with Gasteiger partial charge in [-0.3, -0.25) is 4.79 Å². The highest BCUT2D eigenvalue weighted by Crippen LogP contribution is 2.39. The van der Waals surface area contributed by atoms with E-state index < -0.39 is 5.78 Å². The minimum absolute atomic E-state index is 0.0409. The second kappa shape index (κ2) is 7.82. The van der Waals surface area contributed by atoms with E-state index >= 15 is 0 Å². The molecule has 1 heterocycles. The van der Waals surface area contributed by atoms with Crippen molar-refractivity contribution in [2.75, 3.05) is 21.3 Å². The number of hydrogen-bond acceptors (Lipinski definition) is 6. The number of methoxy groups -OCH3 is 3. The number of carbonyl (C=O) groups excluding carboxylic acids is 1. The smallest absolute Gasteiger partial charge is 0.215 e. The second-order valence-corrected chi connectivity index (χ2v) is 6.37. The Kier molecular flexibility index (Phi) is 5.46. The Hall–Kier alpha value is -3.19. The van der Waals surface area contributed by atoms with Crippen molar-refractivity contribution < 1.29 is 24.2 Å². The van der Waals surface area contributed by atoms with Crippen molar-refractivity contribution in [3.05, 3.63) is 58.4 Å². The van der Waals surface area contributed by atoms with E-state index in [1.807, 2.05) is 0 Å². The number of imidazole rings is 1. The van der Waals surface area contributed by atoms with Gasteiger partial charge in [-0.2, -0.15) is 4.73 Å². The predicted molar refractivity (Wildman–Crippen MR) is 104 cm³/mol. The van der Waals surface area contributed by atoms with Crippen LogP contribution in [0.4, 0.5) is 0 Å². The van der Waals surface area contributed by atoms with E-state index in [-0.39, 0.29) is 17.1 Å². The number of ether oxygens (including phenoxy) is 3. The molecular formula is C20H19ClN2O5. The van der Waals surface area contributed by atoms with Gasteiger partial charge in [0, 0.05) is 16.1 Å². The lowest BCUT2D eigenvalue weighted by atomic mass is 10.1. The summed E-state index contributed by atoms with van der Waals surface area (Å²) in [6, 6.07) is 9.84. The summed E-state index contributed by atoms with van der Waals surface area (Å²) in [5, 5.41) is 11.2. The minimum atomic E-state index is -0.438. The van der Waals surface area contributed by atoms with Crippen molar-refractivity contribution in [1.29, 1.82) is 0 Å². The van der Waals surface area contributed by atoms with Crippen LogP contribution >= 0.6 is 11.6 Å². The predicted octanol–water partition coefficient (Wildman–Crippen LogP) is 4.01. The summed E-state index contributed by atoms with van der Waals surface area (Å²) in [6.07, 6.45) is 0. The molecule has 0 amide bonds. The summed E-state index contributed by atoms with van der Waals surface area (Å²) < 4.78 is 16.7. The second-order valence-electron chi connectivity index (χ2n) is 5.93. The molecule has 0 unspecified atom stereocenters. The van der Waals surface area contributed by atoms with Gasteiger partial charge in [0.05, 0.1) is 27.0 Å². The van der Waals surface area contributed by atoms with Crippen LogP contribution in [-0.2, 0) is 0 Å². The van der Waals surface area contributed by atoms with Crippen LogP contribution in [0.15, 0.2) is 36.4 Å². The van der Waals surface area contributed by atoms with Gasteiger partial charge in [0.15, 0.2) is 23.0 Å². The molecule has 0 aliphatic rings. The first-order chi connectivity index (χ1) is 13.4. The largest absolute Gasteiger partial charge is 0.493 e. The van der Waals surface area contributed by atoms with Crippen molar-refractivity contribution in [3.63, 3.8) is 0 Å². The van der Waals surface area contributed by atoms with Crippen LogP contribution in [0, 0.1) is 6.92 Å². The first kappa shape index (κ1) is 19.6. The van der Waals surface area contributed by atoms with Crippen molar-refractivity contribution in [3.8, 4) is 28.6 Å². The van der Waals surface area contributed by atoms with E-state index in [0.717, 1.165) is 4.73 Å². The number of hydrogen-bond donors (Lipinski definition) is 1. The summed E-state index contributed by atoms with van der Waals surface area (Å²) in [7, 11) is 4.41. The maximum Gasteiger partial charge on any atom is 0.215 e. The molecule has 1 aromatic heterocycles. The molecule has 0 spiro atoms. The Labute approximate surface area is 167 Å². The van der Waals surface area contributed by atoms with Gasteiger partial charge in [-0.25, -0.2) is 4.98 Å². The van der Waals surface area contributed by atoms with E-state index in [2.05, 4.69) is 4.98 Å². The molecule has 3 rings (SSSR count). The average molecular weight is 403 g/mol. The Bertz CT molecular complexity index is 1000. The number of aryl methyl sites for hydroxylation is 1. The van der Waals surface area contributed by atoms with Crippen molar-refractivity contribution >= 4 is 17.4 Å². The number of halogens is 1. The van der Waals surface area contributed by atoms with Gasteiger partial charge in [-0.15, -0.1) is 0 Å². The van der Waals surface area contributed by atoms with Crippen molar-refractivity contribution in [2.45, 2.75) is 6.92 Å². The van der Waals surface area contributed by atoms with E-state index in [0.29, 0.717) is 33.5 Å². The fourth-order valence-corrected chi connectivity index (χ4v) is 3.04. The number of aromatic nitrogens is 2. The van der Waals surface area contributed by atoms with Crippen LogP contribution in [0.2, 0.25) is 5.02 Å². The lowest BCUT2D eigenvalue weighted by Crippen LogP contribution is -2.11. The number of benzene rings is 2. The highest BCUT2D eigenvalue weighted by molar-refractivity contribution is 6.30. The fourth-order valence-electron chi connectivity index (χ4n) is 2.91. The molecule has 2 aromatic carbocycles. The highest BCUT2D eigenvalue weighted by atomic mass is 35.5. The summed E-state index contributed by atoms with van der Waals surface area (Å²) in [5.74, 6) is 0.851. The molecule has 0 atom stereocenters. The molecule has 0 aliphatic carbocycles. The molecule has 0 saturated carbocycles. The third-order valence-electron chi connectivity index (χ3n) is 4.27. The molecule has 1 N–H and O–H groups in total. The van der Waals surface area contributed by atoms with Crippen molar-refractivity contribution in [1.82, 2.24) is 9.71 Å². The summed E-state index contributed by atoms with van der Waals surface area (Å²) >= 11 is 5.91. The van der Waals surface area contributed by atoms with Gasteiger partial charge in [0.1, 0.15) is 0 Å². The van der Waals surface area contributed by atoms with Crippen LogP contribution in [0.1, 0.15) is 21.7 Å². The third kappa shape index (κ3) is 3.36. The van der Waals surface area contributed by atoms with E-state index in [1.54, 1.807) is 31.2 Å². The molecule has 0 bridgehead atoms. The topological polar surface area (TPSA) is 82.8 Å². The molecule has 28 heavy (non-hydrogen) atoms. The van der Waals surface area contributed by atoms with Crippen LogP contribution < -0.4 is 14.2 Å². The molecule has 146 valence electrons. The Morgan fingerprint density at radius 1 is 1.04 bits per heavy atom. The Morgan fingerprint density at radius 2 is 1.61 bits per heavy atom. The number of nitrogens with zero attached hydrogens (tertiary/aromatic N) is 2. The molecular weight excluding hydrogens is 384 g/mol. The fraction of sp³-hybridized carbons (Fsp3) is 0.200. The summed E-state index contributed by atoms with van der Waals surface area (Å²) in [5.41, 5.74) is 1.31. The molecule has 8 heteroatoms.